The van der Waals surface area contributed by atoms with Crippen molar-refractivity contribution in [3.05, 3.63) is 395 Å². The van der Waals surface area contributed by atoms with Gasteiger partial charge in [-0.25, -0.2) is 79.0 Å². The van der Waals surface area contributed by atoms with E-state index in [1.54, 1.807) is 0 Å². The fourth-order valence-corrected chi connectivity index (χ4v) is 11.8. The van der Waals surface area contributed by atoms with Crippen LogP contribution in [0, 0.1) is 274 Å². The summed E-state index contributed by atoms with van der Waals surface area (Å²) in [5, 5.41) is 5.63. The van der Waals surface area contributed by atoms with Crippen LogP contribution >= 0.6 is 15.8 Å². The van der Waals surface area contributed by atoms with Gasteiger partial charge in [-0.05, 0) is 88.4 Å². The number of halogens is 30. The molecule has 0 heterocycles. The van der Waals surface area contributed by atoms with Crippen molar-refractivity contribution >= 4 is 37.1 Å². The molecule has 35 heteroatoms. The third-order valence-electron chi connectivity index (χ3n) is 11.8. The van der Waals surface area contributed by atoms with Crippen molar-refractivity contribution in [1.82, 2.24) is 0 Å². The molecule has 2 fully saturated rings. The Morgan fingerprint density at radius 2 is 0.286 bits per heavy atom. The van der Waals surface area contributed by atoms with Gasteiger partial charge >= 0.3 is 44.8 Å². The molecule has 0 amide bonds. The normalized spacial score (nSPS) is 12.0. The number of rotatable bonds is 6. The van der Waals surface area contributed by atoms with E-state index in [9.17, 15) is 132 Å². The van der Waals surface area contributed by atoms with Crippen LogP contribution in [0.4, 0.5) is 132 Å². The summed E-state index contributed by atoms with van der Waals surface area (Å²) in [5.41, 5.74) is 2.84. The first-order chi connectivity index (χ1) is 48.1. The van der Waals surface area contributed by atoms with Crippen molar-refractivity contribution < 1.29 is 194 Å². The summed E-state index contributed by atoms with van der Waals surface area (Å²) in [4.78, 5) is 0. The Labute approximate surface area is 621 Å². The first kappa shape index (κ1) is 94.0. The predicted molar refractivity (Wildman–Crippen MR) is 309 cm³/mol. The number of hydrogen-bond acceptors (Lipinski definition) is 0. The summed E-state index contributed by atoms with van der Waals surface area (Å²) in [5.74, 6) is -60.3. The van der Waals surface area contributed by atoms with E-state index in [0.29, 0.717) is 0 Å². The Morgan fingerprint density at radius 3 is 0.400 bits per heavy atom. The summed E-state index contributed by atoms with van der Waals surface area (Å²) in [6, 6.07) is 49.2. The van der Waals surface area contributed by atoms with Crippen LogP contribution in [0.5, 0.6) is 0 Å². The van der Waals surface area contributed by atoms with E-state index < -0.39 is 190 Å². The van der Waals surface area contributed by atoms with Crippen LogP contribution in [0.25, 0.3) is 0 Å². The molecule has 0 aliphatic heterocycles. The largest absolute Gasteiger partial charge is 3.00 e. The maximum atomic E-state index is 12.0. The molecule has 0 nitrogen and oxygen atoms in total. The summed E-state index contributed by atoms with van der Waals surface area (Å²) in [6.45, 7) is 0. The Hall–Kier alpha value is -7.04. The monoisotopic (exact) mass is 1950 g/mol. The minimum absolute atomic E-state index is 0. The molecular weight excluding hydrogens is 1920 g/mol. The van der Waals surface area contributed by atoms with Crippen molar-refractivity contribution in [3.63, 3.8) is 0 Å². The first-order valence-electron chi connectivity index (χ1n) is 26.8. The standard InChI is InChI=1S/2C17H14P.6C6F5.2Au.Fe/c2*1-3-9-15(10-4-1)18(17-13-7-8-14-17)16-11-5-2-6-12-16;6*7-2-1-3(8)5(10)6(11)4(2)9;;;/h2*1-14H;;;;;;;;;/q;;6*-1;2*+3;. The van der Waals surface area contributed by atoms with Crippen molar-refractivity contribution in [2.24, 2.45) is 0 Å². The van der Waals surface area contributed by atoms with E-state index in [1.165, 1.54) is 32.5 Å². The van der Waals surface area contributed by atoms with Gasteiger partial charge in [0.05, 0.1) is 175 Å². The smallest absolute Gasteiger partial charge is 0.278 e. The zero-order valence-electron chi connectivity index (χ0n) is 50.4. The van der Waals surface area contributed by atoms with Crippen LogP contribution in [-0.4, -0.2) is 0 Å². The zero-order valence-corrected chi connectivity index (χ0v) is 57.6. The number of benzene rings is 10. The number of hydrogen-bond donors (Lipinski definition) is 0. The first-order valence-corrected chi connectivity index (χ1v) is 29.5. The summed E-state index contributed by atoms with van der Waals surface area (Å²) >= 11 is 0. The molecular formula is C70H28Au2F30FeP2. The molecule has 0 saturated heterocycles. The summed E-state index contributed by atoms with van der Waals surface area (Å²) in [6.07, 6.45) is 17.4. The molecule has 0 aromatic heterocycles. The van der Waals surface area contributed by atoms with Gasteiger partial charge in [-0.1, -0.05) is 121 Å². The van der Waals surface area contributed by atoms with Gasteiger partial charge in [0.1, 0.15) is 0 Å². The Kier molecular flexibility index (Phi) is 40.2. The molecule has 12 rings (SSSR count). The molecule has 2 aliphatic carbocycles. The van der Waals surface area contributed by atoms with Gasteiger partial charge in [0.15, 0.2) is 0 Å². The average Bonchev–Trinajstić information content (AvgIpc) is 1.76. The van der Waals surface area contributed by atoms with E-state index >= 15 is 0 Å². The SMILES string of the molecule is Fc1[c-]c(F)c(F)c(F)c1F.Fc1[c-]c(F)c(F)c(F)c1F.Fc1[c-]c(F)c(F)c(F)c1F.Fc1[c-]c(F)c(F)c(F)c1F.Fc1[c-]c(F)c(F)c(F)c1F.Fc1[c-]c(F)c(F)c(F)c1F.[Au+3].[Au+3].[CH]1[CH][CH][C](P(c2ccccc2)c2ccccc2)[CH]1.[CH]1[CH][CH][C](P(c2ccccc2)c2ccccc2)[CH]1.[Fe]. The van der Waals surface area contributed by atoms with Crippen LogP contribution in [0.1, 0.15) is 0 Å². The third-order valence-corrected chi connectivity index (χ3v) is 16.7. The Bertz CT molecular complexity index is 3600. The molecule has 0 spiro atoms. The van der Waals surface area contributed by atoms with Gasteiger partial charge in [-0.15, -0.1) is 36.4 Å². The molecule has 10 aromatic carbocycles. The fraction of sp³-hybridized carbons (Fsp3) is 0. The quantitative estimate of drug-likeness (QED) is 0.0389. The fourth-order valence-electron chi connectivity index (χ4n) is 7.20. The van der Waals surface area contributed by atoms with Crippen LogP contribution in [0.15, 0.2) is 121 Å². The molecule has 10 radical (unpaired) electrons. The van der Waals surface area contributed by atoms with Gasteiger partial charge < -0.3 is 0 Å². The van der Waals surface area contributed by atoms with Crippen LogP contribution in [0.2, 0.25) is 0 Å². The second-order valence-electron chi connectivity index (χ2n) is 18.5. The minimum atomic E-state index is -2.17. The van der Waals surface area contributed by atoms with E-state index in [-0.39, 0.29) is 61.8 Å². The van der Waals surface area contributed by atoms with Crippen LogP contribution in [0.3, 0.4) is 0 Å². The van der Waals surface area contributed by atoms with Crippen molar-refractivity contribution in [1.29, 1.82) is 0 Å². The van der Waals surface area contributed by atoms with E-state index in [2.05, 4.69) is 173 Å². The minimum Gasteiger partial charge on any atom is -0.278 e. The average molecular weight is 1950 g/mol. The van der Waals surface area contributed by atoms with Gasteiger partial charge in [-0.3, -0.25) is 52.7 Å². The zero-order chi connectivity index (χ0) is 76.0. The second-order valence-corrected chi connectivity index (χ2v) is 22.9. The molecule has 0 atom stereocenters. The summed E-state index contributed by atoms with van der Waals surface area (Å²) in [7, 11) is -0.818. The molecule has 2 saturated carbocycles. The molecule has 0 N–H and O–H groups in total. The maximum Gasteiger partial charge on any atom is 3.00 e. The molecule has 558 valence electrons. The van der Waals surface area contributed by atoms with E-state index in [4.69, 9.17) is 0 Å². The molecule has 0 unspecified atom stereocenters. The van der Waals surface area contributed by atoms with Gasteiger partial charge in [-0.2, -0.15) is 0 Å². The van der Waals surface area contributed by atoms with Crippen molar-refractivity contribution in [3.8, 4) is 0 Å². The van der Waals surface area contributed by atoms with Gasteiger partial charge in [0.2, 0.25) is 0 Å². The molecule has 0 bridgehead atoms. The second kappa shape index (κ2) is 44.9. The Balaban J connectivity index is 0.000000411. The maximum absolute atomic E-state index is 12.0. The van der Waals surface area contributed by atoms with Gasteiger partial charge in [0.25, 0.3) is 0 Å². The predicted octanol–water partition coefficient (Wildman–Crippen LogP) is 20.1. The Morgan fingerprint density at radius 1 is 0.171 bits per heavy atom. The van der Waals surface area contributed by atoms with Crippen LogP contribution in [-0.2, 0) is 61.8 Å². The molecule has 105 heavy (non-hydrogen) atoms. The summed E-state index contributed by atoms with van der Waals surface area (Å²) < 4.78 is 359. The topological polar surface area (TPSA) is 0 Å². The molecule has 10 aromatic rings. The van der Waals surface area contributed by atoms with E-state index in [0.717, 1.165) is 36.4 Å². The van der Waals surface area contributed by atoms with Crippen molar-refractivity contribution in [2.75, 3.05) is 0 Å². The van der Waals surface area contributed by atoms with Gasteiger partial charge in [0, 0.05) is 28.4 Å². The third kappa shape index (κ3) is 26.1. The van der Waals surface area contributed by atoms with Crippen LogP contribution < -0.4 is 21.2 Å². The molecule has 2 aliphatic rings. The van der Waals surface area contributed by atoms with Crippen molar-refractivity contribution in [2.45, 2.75) is 0 Å². The van der Waals surface area contributed by atoms with E-state index in [1.807, 2.05) is 0 Å².